The minimum Gasteiger partial charge on any atom is -0.743 e. The number of esters is 2. The third-order valence-corrected chi connectivity index (χ3v) is 8.35. The van der Waals surface area contributed by atoms with Gasteiger partial charge in [0.05, 0.1) is 11.8 Å². The van der Waals surface area contributed by atoms with Crippen LogP contribution in [0.4, 0.5) is 13.2 Å². The van der Waals surface area contributed by atoms with E-state index in [1.54, 1.807) is 48.5 Å². The van der Waals surface area contributed by atoms with Crippen LogP contribution < -0.4 is 4.74 Å². The van der Waals surface area contributed by atoms with Crippen molar-refractivity contribution in [3.63, 3.8) is 0 Å². The van der Waals surface area contributed by atoms with E-state index < -0.39 is 63.4 Å². The molecule has 0 aliphatic heterocycles. The predicted molar refractivity (Wildman–Crippen MR) is 134 cm³/mol. The molecule has 0 saturated heterocycles. The number of carbonyl (C=O) groups is 2. The molecule has 0 heterocycles. The van der Waals surface area contributed by atoms with Crippen molar-refractivity contribution in [3.05, 3.63) is 98.4 Å². The molecule has 3 aromatic carbocycles. The van der Waals surface area contributed by atoms with Gasteiger partial charge in [-0.05, 0) is 63.0 Å². The molecule has 0 saturated carbocycles. The Bertz CT molecular complexity index is 1510. The van der Waals surface area contributed by atoms with Gasteiger partial charge in [0.2, 0.25) is 0 Å². The first-order valence-electron chi connectivity index (χ1n) is 11.2. The highest BCUT2D eigenvalue weighted by molar-refractivity contribution is 14.1. The van der Waals surface area contributed by atoms with Gasteiger partial charge in [0.1, 0.15) is 0 Å². The summed E-state index contributed by atoms with van der Waals surface area (Å²) in [4.78, 5) is 26.9. The molecule has 12 heteroatoms. The van der Waals surface area contributed by atoms with E-state index in [0.717, 1.165) is 6.07 Å². The molecule has 6 rings (SSSR count). The van der Waals surface area contributed by atoms with Crippen molar-refractivity contribution in [3.8, 4) is 5.75 Å². The summed E-state index contributed by atoms with van der Waals surface area (Å²) in [5, 5.41) is -4.87. The maximum Gasteiger partial charge on any atom is 0.367 e. The van der Waals surface area contributed by atoms with E-state index in [-0.39, 0.29) is 5.75 Å². The van der Waals surface area contributed by atoms with Gasteiger partial charge in [0.25, 0.3) is 0 Å². The van der Waals surface area contributed by atoms with Crippen molar-refractivity contribution in [2.45, 2.75) is 17.1 Å². The lowest BCUT2D eigenvalue weighted by atomic mass is 9.54. The second-order valence-corrected chi connectivity index (χ2v) is 11.7. The third-order valence-electron chi connectivity index (χ3n) is 6.83. The van der Waals surface area contributed by atoms with E-state index in [9.17, 15) is 35.7 Å². The molecule has 3 aromatic rings. The van der Waals surface area contributed by atoms with Gasteiger partial charge >= 0.3 is 17.2 Å². The molecule has 2 atom stereocenters. The summed E-state index contributed by atoms with van der Waals surface area (Å²) >= 11 is 1.88. The van der Waals surface area contributed by atoms with E-state index >= 15 is 0 Å². The van der Waals surface area contributed by atoms with E-state index in [1.165, 1.54) is 12.1 Å². The summed E-state index contributed by atoms with van der Waals surface area (Å²) < 4.78 is 85.6. The Hall–Kier alpha value is -2.97. The molecule has 0 spiro atoms. The Morgan fingerprint density at radius 1 is 0.868 bits per heavy atom. The molecule has 0 radical (unpaired) electrons. The molecule has 0 N–H and O–H groups in total. The fourth-order valence-corrected chi connectivity index (χ4v) is 5.96. The van der Waals surface area contributed by atoms with Crippen LogP contribution in [0.25, 0.3) is 0 Å². The summed E-state index contributed by atoms with van der Waals surface area (Å²) in [6, 6.07) is 17.9. The number of rotatable bonds is 6. The lowest BCUT2D eigenvalue weighted by molar-refractivity contribution is -0.163. The van der Waals surface area contributed by atoms with Crippen molar-refractivity contribution in [1.82, 2.24) is 0 Å². The number of carbonyl (C=O) groups excluding carboxylic acids is 2. The minimum atomic E-state index is -6.11. The summed E-state index contributed by atoms with van der Waals surface area (Å²) in [5.41, 5.74) is 2.73. The Kier molecular flexibility index (Phi) is 6.76. The zero-order valence-electron chi connectivity index (χ0n) is 19.1. The van der Waals surface area contributed by atoms with Gasteiger partial charge in [0.15, 0.2) is 28.3 Å². The van der Waals surface area contributed by atoms with E-state index in [0.29, 0.717) is 25.8 Å². The minimum absolute atomic E-state index is 0.380. The molecule has 3 aliphatic carbocycles. The van der Waals surface area contributed by atoms with Crippen LogP contribution in [0.1, 0.15) is 34.1 Å². The molecule has 0 fully saturated rings. The molecular formula is C26H17F3IO7S-. The third kappa shape index (κ3) is 4.47. The van der Waals surface area contributed by atoms with Crippen LogP contribution in [0, 0.1) is 21.2 Å². The maximum absolute atomic E-state index is 14.5. The topological polar surface area (TPSA) is 110 Å². The molecule has 2 bridgehead atoms. The van der Waals surface area contributed by atoms with Crippen LogP contribution in [0.2, 0.25) is 0 Å². The predicted octanol–water partition coefficient (Wildman–Crippen LogP) is 4.54. The van der Waals surface area contributed by atoms with Gasteiger partial charge in [-0.2, -0.15) is 8.78 Å². The fraction of sp³-hybridized carbons (Fsp3) is 0.231. The largest absolute Gasteiger partial charge is 0.743 e. The van der Waals surface area contributed by atoms with Gasteiger partial charge in [0, 0.05) is 15.4 Å². The standard InChI is InChI=1S/C26H18F3IO7S/c27-18-11-13(30)9-10-19(18)37-25(32)23-21-16-7-3-1-5-14(16)20(15-6-2-4-8-17(15)21)22(23)24(31)36-12-26(28,29)38(33,34)35/h1-11,20-23H,12H2,(H,33,34,35)/p-1. The highest BCUT2D eigenvalue weighted by Crippen LogP contribution is 2.58. The van der Waals surface area contributed by atoms with Crippen molar-refractivity contribution in [1.29, 1.82) is 0 Å². The Morgan fingerprint density at radius 3 is 1.79 bits per heavy atom. The van der Waals surface area contributed by atoms with Crippen molar-refractivity contribution >= 4 is 44.6 Å². The summed E-state index contributed by atoms with van der Waals surface area (Å²) in [6.45, 7) is -2.01. The Balaban J connectivity index is 1.59. The van der Waals surface area contributed by atoms with Gasteiger partial charge in [-0.25, -0.2) is 12.8 Å². The van der Waals surface area contributed by atoms with Gasteiger partial charge in [-0.1, -0.05) is 48.5 Å². The quantitative estimate of drug-likeness (QED) is 0.166. The van der Waals surface area contributed by atoms with Gasteiger partial charge < -0.3 is 14.0 Å². The van der Waals surface area contributed by atoms with E-state index in [2.05, 4.69) is 4.74 Å². The summed E-state index contributed by atoms with van der Waals surface area (Å²) in [6.07, 6.45) is 0. The van der Waals surface area contributed by atoms with Crippen LogP contribution in [-0.2, 0) is 24.4 Å². The molecule has 3 aliphatic rings. The normalized spacial score (nSPS) is 21.8. The maximum atomic E-state index is 14.5. The zero-order chi connectivity index (χ0) is 27.4. The average Bonchev–Trinajstić information content (AvgIpc) is 2.87. The first kappa shape index (κ1) is 26.6. The van der Waals surface area contributed by atoms with Crippen molar-refractivity contribution in [2.24, 2.45) is 11.8 Å². The monoisotopic (exact) mass is 657 g/mol. The number of hydrogen-bond donors (Lipinski definition) is 0. The second kappa shape index (κ2) is 9.65. The lowest BCUT2D eigenvalue weighted by Gasteiger charge is -2.48. The molecule has 38 heavy (non-hydrogen) atoms. The average molecular weight is 657 g/mol. The number of fused-ring (bicyclic) bond motifs is 1. The first-order chi connectivity index (χ1) is 17.9. The highest BCUT2D eigenvalue weighted by Gasteiger charge is 2.57. The van der Waals surface area contributed by atoms with Crippen LogP contribution >= 0.6 is 22.6 Å². The van der Waals surface area contributed by atoms with Gasteiger partial charge in [-0.3, -0.25) is 9.59 Å². The Morgan fingerprint density at radius 2 is 1.34 bits per heavy atom. The first-order valence-corrected chi connectivity index (χ1v) is 13.7. The highest BCUT2D eigenvalue weighted by atomic mass is 127. The van der Waals surface area contributed by atoms with Crippen LogP contribution in [0.3, 0.4) is 0 Å². The van der Waals surface area contributed by atoms with Crippen molar-refractivity contribution < 1.29 is 45.2 Å². The number of alkyl halides is 2. The zero-order valence-corrected chi connectivity index (χ0v) is 22.1. The van der Waals surface area contributed by atoms with Crippen LogP contribution in [0.5, 0.6) is 5.75 Å². The molecular weight excluding hydrogens is 640 g/mol. The molecule has 0 amide bonds. The van der Waals surface area contributed by atoms with Gasteiger partial charge in [-0.15, -0.1) is 0 Å². The van der Waals surface area contributed by atoms with Crippen LogP contribution in [-0.4, -0.2) is 36.8 Å². The number of hydrogen-bond acceptors (Lipinski definition) is 7. The number of ether oxygens (including phenoxy) is 2. The Labute approximate surface area is 228 Å². The second-order valence-electron chi connectivity index (χ2n) is 8.96. The van der Waals surface area contributed by atoms with E-state index in [1.807, 2.05) is 22.6 Å². The summed E-state index contributed by atoms with van der Waals surface area (Å²) in [5.74, 6) is -7.85. The number of halogens is 4. The van der Waals surface area contributed by atoms with Crippen LogP contribution in [0.15, 0.2) is 66.7 Å². The summed E-state index contributed by atoms with van der Waals surface area (Å²) in [7, 11) is -6.11. The SMILES string of the molecule is O=C(OCC(F)(F)S(=O)(=O)[O-])C1C2c3ccccc3C(c3ccccc32)C1C(=O)Oc1ccc(I)cc1F. The number of benzene rings is 3. The molecule has 2 unspecified atom stereocenters. The molecule has 198 valence electrons. The van der Waals surface area contributed by atoms with Crippen molar-refractivity contribution in [2.75, 3.05) is 6.61 Å². The smallest absolute Gasteiger partial charge is 0.367 e. The molecule has 7 nitrogen and oxygen atoms in total. The lowest BCUT2D eigenvalue weighted by Crippen LogP contribution is -2.49. The molecule has 0 aromatic heterocycles. The van der Waals surface area contributed by atoms with E-state index in [4.69, 9.17) is 4.74 Å². The fourth-order valence-electron chi connectivity index (χ4n) is 5.30.